The van der Waals surface area contributed by atoms with Gasteiger partial charge in [0.2, 0.25) is 0 Å². The predicted octanol–water partition coefficient (Wildman–Crippen LogP) is 1.65. The first kappa shape index (κ1) is 11.6. The van der Waals surface area contributed by atoms with E-state index >= 15 is 0 Å². The Morgan fingerprint density at radius 2 is 1.71 bits per heavy atom. The molecule has 0 fully saturated rings. The van der Waals surface area contributed by atoms with Gasteiger partial charge in [0.15, 0.2) is 12.1 Å². The summed E-state index contributed by atoms with van der Waals surface area (Å²) < 4.78 is 3.48. The maximum Gasteiger partial charge on any atom is 0.162 e. The lowest BCUT2D eigenvalue weighted by atomic mass is 10.2. The molecule has 2 aromatic rings. The van der Waals surface area contributed by atoms with Crippen molar-refractivity contribution in [3.05, 3.63) is 28.2 Å². The molecule has 90 valence electrons. The largest absolute Gasteiger partial charge is 0.298 e. The van der Waals surface area contributed by atoms with Crippen molar-refractivity contribution in [2.75, 3.05) is 0 Å². The summed E-state index contributed by atoms with van der Waals surface area (Å²) in [5, 5.41) is 8.72. The molecular weight excluding hydrogens is 216 g/mol. The molecule has 0 saturated carbocycles. The number of nitrogens with zero attached hydrogens (tertiary/aromatic N) is 4. The van der Waals surface area contributed by atoms with Gasteiger partial charge in [0.25, 0.3) is 0 Å². The quantitative estimate of drug-likeness (QED) is 0.740. The summed E-state index contributed by atoms with van der Waals surface area (Å²) in [6.07, 6.45) is 0.837. The van der Waals surface area contributed by atoms with E-state index in [0.717, 1.165) is 34.7 Å². The lowest BCUT2D eigenvalue weighted by molar-refractivity contribution is 0.112. The number of aromatic nitrogens is 4. The topological polar surface area (TPSA) is 52.7 Å². The molecular formula is C12H16N4O. The van der Waals surface area contributed by atoms with Crippen molar-refractivity contribution in [1.82, 2.24) is 19.6 Å². The Hall–Kier alpha value is -1.91. The number of hydrogen-bond acceptors (Lipinski definition) is 3. The second kappa shape index (κ2) is 3.84. The van der Waals surface area contributed by atoms with Gasteiger partial charge in [0.05, 0.1) is 17.0 Å². The van der Waals surface area contributed by atoms with E-state index in [2.05, 4.69) is 10.2 Å². The minimum absolute atomic E-state index is 0.595. The Morgan fingerprint density at radius 1 is 1.06 bits per heavy atom. The van der Waals surface area contributed by atoms with Crippen LogP contribution < -0.4 is 0 Å². The molecule has 0 radical (unpaired) electrons. The average molecular weight is 232 g/mol. The van der Waals surface area contributed by atoms with Crippen LogP contribution in [0.3, 0.4) is 0 Å². The highest BCUT2D eigenvalue weighted by Crippen LogP contribution is 2.20. The minimum Gasteiger partial charge on any atom is -0.298 e. The van der Waals surface area contributed by atoms with Crippen molar-refractivity contribution in [3.8, 4) is 5.82 Å². The summed E-state index contributed by atoms with van der Waals surface area (Å²) in [5.41, 5.74) is 4.47. The van der Waals surface area contributed by atoms with E-state index in [0.29, 0.717) is 5.56 Å². The summed E-state index contributed by atoms with van der Waals surface area (Å²) in [4.78, 5) is 11.1. The fourth-order valence-corrected chi connectivity index (χ4v) is 1.98. The first-order chi connectivity index (χ1) is 7.97. The monoisotopic (exact) mass is 232 g/mol. The molecule has 5 nitrogen and oxygen atoms in total. The first-order valence-electron chi connectivity index (χ1n) is 5.49. The highest BCUT2D eigenvalue weighted by atomic mass is 16.1. The molecule has 2 aromatic heterocycles. The zero-order valence-corrected chi connectivity index (χ0v) is 10.8. The minimum atomic E-state index is 0.595. The normalized spacial score (nSPS) is 10.9. The van der Waals surface area contributed by atoms with Crippen molar-refractivity contribution >= 4 is 6.29 Å². The van der Waals surface area contributed by atoms with Crippen LogP contribution in [0.15, 0.2) is 0 Å². The van der Waals surface area contributed by atoms with E-state index in [1.165, 1.54) is 0 Å². The molecule has 0 amide bonds. The lowest BCUT2D eigenvalue weighted by Gasteiger charge is -2.05. The van der Waals surface area contributed by atoms with E-state index in [9.17, 15) is 4.79 Å². The number of aldehydes is 1. The molecule has 2 heterocycles. The summed E-state index contributed by atoms with van der Waals surface area (Å²) >= 11 is 0. The molecule has 0 unspecified atom stereocenters. The van der Waals surface area contributed by atoms with Crippen LogP contribution in [-0.2, 0) is 7.05 Å². The van der Waals surface area contributed by atoms with Crippen molar-refractivity contribution in [2.45, 2.75) is 27.7 Å². The van der Waals surface area contributed by atoms with Gasteiger partial charge in [0, 0.05) is 12.7 Å². The smallest absolute Gasteiger partial charge is 0.162 e. The Labute approximate surface area is 100 Å². The van der Waals surface area contributed by atoms with E-state index in [4.69, 9.17) is 0 Å². The molecule has 0 spiro atoms. The SMILES string of the molecule is Cc1nn(-c2c(C=O)c(C)nn2C)c(C)c1C. The highest BCUT2D eigenvalue weighted by molar-refractivity contribution is 5.81. The van der Waals surface area contributed by atoms with Gasteiger partial charge in [0.1, 0.15) is 0 Å². The van der Waals surface area contributed by atoms with Crippen molar-refractivity contribution in [1.29, 1.82) is 0 Å². The Balaban J connectivity index is 2.76. The Bertz CT molecular complexity index is 592. The van der Waals surface area contributed by atoms with Gasteiger partial charge in [-0.05, 0) is 33.3 Å². The van der Waals surface area contributed by atoms with Crippen LogP contribution >= 0.6 is 0 Å². The lowest BCUT2D eigenvalue weighted by Crippen LogP contribution is -2.08. The summed E-state index contributed by atoms with van der Waals surface area (Å²) in [5.74, 6) is 0.728. The van der Waals surface area contributed by atoms with E-state index < -0.39 is 0 Å². The van der Waals surface area contributed by atoms with Crippen LogP contribution in [0.25, 0.3) is 5.82 Å². The maximum absolute atomic E-state index is 11.1. The molecule has 2 rings (SSSR count). The predicted molar refractivity (Wildman–Crippen MR) is 64.7 cm³/mol. The average Bonchev–Trinajstić information content (AvgIpc) is 2.69. The van der Waals surface area contributed by atoms with Crippen LogP contribution in [0, 0.1) is 27.7 Å². The molecule has 0 saturated heterocycles. The zero-order valence-electron chi connectivity index (χ0n) is 10.8. The van der Waals surface area contributed by atoms with E-state index in [1.54, 1.807) is 9.36 Å². The van der Waals surface area contributed by atoms with Gasteiger partial charge >= 0.3 is 0 Å². The summed E-state index contributed by atoms with van der Waals surface area (Å²) in [6.45, 7) is 7.80. The molecule has 0 aromatic carbocycles. The third-order valence-corrected chi connectivity index (χ3v) is 3.21. The molecule has 17 heavy (non-hydrogen) atoms. The second-order valence-corrected chi connectivity index (χ2v) is 4.27. The second-order valence-electron chi connectivity index (χ2n) is 4.27. The fourth-order valence-electron chi connectivity index (χ4n) is 1.98. The van der Waals surface area contributed by atoms with Crippen LogP contribution in [0.5, 0.6) is 0 Å². The van der Waals surface area contributed by atoms with E-state index in [-0.39, 0.29) is 0 Å². The number of carbonyl (C=O) groups excluding carboxylic acids is 1. The zero-order chi connectivity index (χ0) is 12.7. The summed E-state index contributed by atoms with van der Waals surface area (Å²) in [6, 6.07) is 0. The Kier molecular flexibility index (Phi) is 2.61. The maximum atomic E-state index is 11.1. The third-order valence-electron chi connectivity index (χ3n) is 3.21. The number of rotatable bonds is 2. The van der Waals surface area contributed by atoms with Crippen molar-refractivity contribution in [2.24, 2.45) is 7.05 Å². The van der Waals surface area contributed by atoms with Gasteiger partial charge in [-0.1, -0.05) is 0 Å². The van der Waals surface area contributed by atoms with E-state index in [1.807, 2.05) is 34.7 Å². The first-order valence-corrected chi connectivity index (χ1v) is 5.49. The summed E-state index contributed by atoms with van der Waals surface area (Å²) in [7, 11) is 1.82. The van der Waals surface area contributed by atoms with Crippen molar-refractivity contribution in [3.63, 3.8) is 0 Å². The third kappa shape index (κ3) is 1.58. The van der Waals surface area contributed by atoms with Gasteiger partial charge in [-0.3, -0.25) is 9.48 Å². The number of carbonyl (C=O) groups is 1. The van der Waals surface area contributed by atoms with Crippen molar-refractivity contribution < 1.29 is 4.79 Å². The molecule has 0 aliphatic rings. The van der Waals surface area contributed by atoms with Gasteiger partial charge < -0.3 is 0 Å². The number of aryl methyl sites for hydroxylation is 3. The van der Waals surface area contributed by atoms with Gasteiger partial charge in [-0.2, -0.15) is 10.2 Å². The molecule has 5 heteroatoms. The number of hydrogen-bond donors (Lipinski definition) is 0. The van der Waals surface area contributed by atoms with Gasteiger partial charge in [-0.15, -0.1) is 0 Å². The van der Waals surface area contributed by atoms with Crippen LogP contribution in [-0.4, -0.2) is 25.8 Å². The van der Waals surface area contributed by atoms with Gasteiger partial charge in [-0.25, -0.2) is 4.68 Å². The molecule has 0 N–H and O–H groups in total. The Morgan fingerprint density at radius 3 is 2.18 bits per heavy atom. The fraction of sp³-hybridized carbons (Fsp3) is 0.417. The standard InChI is InChI=1S/C12H16N4O/c1-7-8(2)14-16(10(7)4)12-11(6-17)9(3)13-15(12)5/h6H,1-5H3. The van der Waals surface area contributed by atoms with Crippen LogP contribution in [0.1, 0.15) is 33.0 Å². The molecule has 0 bridgehead atoms. The van der Waals surface area contributed by atoms with Crippen LogP contribution in [0.2, 0.25) is 0 Å². The molecule has 0 atom stereocenters. The molecule has 0 aliphatic carbocycles. The highest BCUT2D eigenvalue weighted by Gasteiger charge is 2.18. The van der Waals surface area contributed by atoms with Crippen LogP contribution in [0.4, 0.5) is 0 Å². The molecule has 0 aliphatic heterocycles.